The van der Waals surface area contributed by atoms with Gasteiger partial charge in [-0.3, -0.25) is 9.78 Å². The molecule has 0 spiro atoms. The molecule has 0 radical (unpaired) electrons. The summed E-state index contributed by atoms with van der Waals surface area (Å²) in [5.74, 6) is 0.130. The lowest BCUT2D eigenvalue weighted by Gasteiger charge is -2.15. The van der Waals surface area contributed by atoms with Crippen LogP contribution in [0.25, 0.3) is 0 Å². The number of aromatic nitrogens is 1. The first-order chi connectivity index (χ1) is 8.75. The van der Waals surface area contributed by atoms with E-state index in [4.69, 9.17) is 0 Å². The summed E-state index contributed by atoms with van der Waals surface area (Å²) in [6.07, 6.45) is 3.52. The number of rotatable bonds is 2. The smallest absolute Gasteiger partial charge is 0.254 e. The van der Waals surface area contributed by atoms with Gasteiger partial charge in [0.25, 0.3) is 5.91 Å². The molecule has 0 saturated carbocycles. The van der Waals surface area contributed by atoms with Crippen LogP contribution in [0, 0.1) is 6.92 Å². The molecule has 2 aromatic rings. The van der Waals surface area contributed by atoms with Gasteiger partial charge in [0, 0.05) is 31.0 Å². The van der Waals surface area contributed by atoms with Crippen molar-refractivity contribution in [2.24, 2.45) is 0 Å². The van der Waals surface area contributed by atoms with Crippen molar-refractivity contribution in [3.05, 3.63) is 65.0 Å². The third kappa shape index (κ3) is 1.78. The average Bonchev–Trinajstić information content (AvgIpc) is 2.70. The van der Waals surface area contributed by atoms with E-state index in [-0.39, 0.29) is 5.91 Å². The first-order valence-corrected chi connectivity index (χ1v) is 6.02. The van der Waals surface area contributed by atoms with Crippen LogP contribution in [0.15, 0.2) is 42.7 Å². The van der Waals surface area contributed by atoms with E-state index >= 15 is 0 Å². The highest BCUT2D eigenvalue weighted by atomic mass is 16.2. The van der Waals surface area contributed by atoms with E-state index in [1.165, 1.54) is 5.56 Å². The number of fused-ring (bicyclic) bond motifs is 1. The summed E-state index contributed by atoms with van der Waals surface area (Å²) in [5, 5.41) is 0. The van der Waals surface area contributed by atoms with Crippen LogP contribution < -0.4 is 0 Å². The molecule has 0 aliphatic carbocycles. The number of pyridine rings is 1. The van der Waals surface area contributed by atoms with E-state index in [1.54, 1.807) is 12.4 Å². The van der Waals surface area contributed by atoms with Gasteiger partial charge in [0.05, 0.1) is 0 Å². The Bertz CT molecular complexity index is 593. The maximum absolute atomic E-state index is 12.3. The second-order valence-electron chi connectivity index (χ2n) is 4.62. The van der Waals surface area contributed by atoms with Crippen LogP contribution in [0.5, 0.6) is 0 Å². The van der Waals surface area contributed by atoms with Crippen LogP contribution in [-0.2, 0) is 13.1 Å². The first-order valence-electron chi connectivity index (χ1n) is 6.02. The minimum Gasteiger partial charge on any atom is -0.330 e. The van der Waals surface area contributed by atoms with Gasteiger partial charge in [0.1, 0.15) is 0 Å². The number of nitrogens with zero attached hydrogens (tertiary/aromatic N) is 2. The summed E-state index contributed by atoms with van der Waals surface area (Å²) in [6, 6.07) is 9.81. The van der Waals surface area contributed by atoms with Crippen molar-refractivity contribution in [2.45, 2.75) is 20.0 Å². The summed E-state index contributed by atoms with van der Waals surface area (Å²) in [4.78, 5) is 18.1. The highest BCUT2D eigenvalue weighted by Gasteiger charge is 2.27. The fourth-order valence-corrected chi connectivity index (χ4v) is 2.38. The summed E-state index contributed by atoms with van der Waals surface area (Å²) in [7, 11) is 0. The molecule has 3 rings (SSSR count). The minimum absolute atomic E-state index is 0.130. The third-order valence-corrected chi connectivity index (χ3v) is 3.40. The molecule has 1 aromatic heterocycles. The van der Waals surface area contributed by atoms with E-state index in [2.05, 4.69) is 18.0 Å². The number of amides is 1. The fraction of sp³-hybridized carbons (Fsp3) is 0.200. The molecule has 0 saturated heterocycles. The predicted molar refractivity (Wildman–Crippen MR) is 69.0 cm³/mol. The molecule has 2 heterocycles. The molecule has 1 amide bonds. The van der Waals surface area contributed by atoms with Gasteiger partial charge in [-0.1, -0.05) is 12.1 Å². The highest BCUT2D eigenvalue weighted by Crippen LogP contribution is 2.26. The molecule has 1 aliphatic rings. The van der Waals surface area contributed by atoms with Gasteiger partial charge in [0.2, 0.25) is 0 Å². The molecule has 0 bridgehead atoms. The predicted octanol–water partition coefficient (Wildman–Crippen LogP) is 2.55. The number of hydrogen-bond donors (Lipinski definition) is 0. The molecule has 1 aliphatic heterocycles. The fourth-order valence-electron chi connectivity index (χ4n) is 2.38. The van der Waals surface area contributed by atoms with Crippen molar-refractivity contribution in [1.82, 2.24) is 9.88 Å². The molecule has 1 aromatic carbocycles. The zero-order valence-corrected chi connectivity index (χ0v) is 10.3. The normalized spacial score (nSPS) is 13.8. The Hall–Kier alpha value is -2.16. The lowest BCUT2D eigenvalue weighted by atomic mass is 10.1. The monoisotopic (exact) mass is 238 g/mol. The van der Waals surface area contributed by atoms with Gasteiger partial charge in [-0.15, -0.1) is 0 Å². The van der Waals surface area contributed by atoms with E-state index in [9.17, 15) is 4.79 Å². The average molecular weight is 238 g/mol. The minimum atomic E-state index is 0.130. The Kier molecular flexibility index (Phi) is 2.59. The first kappa shape index (κ1) is 11.0. The van der Waals surface area contributed by atoms with E-state index < -0.39 is 0 Å². The molecule has 3 heteroatoms. The second-order valence-corrected chi connectivity index (χ2v) is 4.62. The van der Waals surface area contributed by atoms with E-state index in [1.807, 2.05) is 29.2 Å². The van der Waals surface area contributed by atoms with Gasteiger partial charge in [-0.2, -0.15) is 0 Å². The molecular weight excluding hydrogens is 224 g/mol. The lowest BCUT2D eigenvalue weighted by Crippen LogP contribution is -2.23. The zero-order valence-electron chi connectivity index (χ0n) is 10.3. The van der Waals surface area contributed by atoms with Gasteiger partial charge in [-0.05, 0) is 41.8 Å². The Balaban J connectivity index is 1.87. The summed E-state index contributed by atoms with van der Waals surface area (Å²) >= 11 is 0. The SMILES string of the molecule is Cc1cccc2c1CN(Cc1ccncc1)C2=O. The van der Waals surface area contributed by atoms with Gasteiger partial charge in [0.15, 0.2) is 0 Å². The topological polar surface area (TPSA) is 33.2 Å². The van der Waals surface area contributed by atoms with Crippen LogP contribution in [0.2, 0.25) is 0 Å². The standard InChI is InChI=1S/C15H14N2O/c1-11-3-2-4-13-14(11)10-17(15(13)18)9-12-5-7-16-8-6-12/h2-8H,9-10H2,1H3. The lowest BCUT2D eigenvalue weighted by molar-refractivity contribution is 0.0766. The molecule has 90 valence electrons. The molecule has 0 atom stereocenters. The summed E-state index contributed by atoms with van der Waals surface area (Å²) in [5.41, 5.74) is 4.32. The molecule has 0 fully saturated rings. The maximum atomic E-state index is 12.3. The molecule has 18 heavy (non-hydrogen) atoms. The van der Waals surface area contributed by atoms with Crippen LogP contribution in [0.3, 0.4) is 0 Å². The Morgan fingerprint density at radius 3 is 2.72 bits per heavy atom. The van der Waals surface area contributed by atoms with Crippen molar-refractivity contribution in [3.8, 4) is 0 Å². The van der Waals surface area contributed by atoms with Crippen molar-refractivity contribution in [2.75, 3.05) is 0 Å². The van der Waals surface area contributed by atoms with Crippen molar-refractivity contribution >= 4 is 5.91 Å². The molecule has 0 unspecified atom stereocenters. The van der Waals surface area contributed by atoms with E-state index in [0.717, 1.165) is 16.7 Å². The summed E-state index contributed by atoms with van der Waals surface area (Å²) in [6.45, 7) is 3.42. The van der Waals surface area contributed by atoms with Gasteiger partial charge >= 0.3 is 0 Å². The number of carbonyl (C=O) groups is 1. The number of benzene rings is 1. The second kappa shape index (κ2) is 4.26. The van der Waals surface area contributed by atoms with Crippen molar-refractivity contribution in [3.63, 3.8) is 0 Å². The largest absolute Gasteiger partial charge is 0.330 e. The summed E-state index contributed by atoms with van der Waals surface area (Å²) < 4.78 is 0. The number of aryl methyl sites for hydroxylation is 1. The van der Waals surface area contributed by atoms with Crippen molar-refractivity contribution in [1.29, 1.82) is 0 Å². The maximum Gasteiger partial charge on any atom is 0.254 e. The Morgan fingerprint density at radius 2 is 2.00 bits per heavy atom. The molecule has 3 nitrogen and oxygen atoms in total. The Labute approximate surface area is 106 Å². The van der Waals surface area contributed by atoms with Crippen LogP contribution in [-0.4, -0.2) is 15.8 Å². The van der Waals surface area contributed by atoms with E-state index in [0.29, 0.717) is 13.1 Å². The third-order valence-electron chi connectivity index (χ3n) is 3.40. The van der Waals surface area contributed by atoms with Crippen molar-refractivity contribution < 1.29 is 4.79 Å². The zero-order chi connectivity index (χ0) is 12.5. The highest BCUT2D eigenvalue weighted by molar-refractivity contribution is 5.98. The van der Waals surface area contributed by atoms with Crippen LogP contribution in [0.1, 0.15) is 27.0 Å². The van der Waals surface area contributed by atoms with Crippen LogP contribution >= 0.6 is 0 Å². The molecule has 0 N–H and O–H groups in total. The number of carbonyl (C=O) groups excluding carboxylic acids is 1. The number of hydrogen-bond acceptors (Lipinski definition) is 2. The van der Waals surface area contributed by atoms with Gasteiger partial charge < -0.3 is 4.90 Å². The quantitative estimate of drug-likeness (QED) is 0.805. The molecular formula is C15H14N2O. The van der Waals surface area contributed by atoms with Gasteiger partial charge in [-0.25, -0.2) is 0 Å². The van der Waals surface area contributed by atoms with Crippen LogP contribution in [0.4, 0.5) is 0 Å². The Morgan fingerprint density at radius 1 is 1.22 bits per heavy atom.